The third-order valence-electron chi connectivity index (χ3n) is 3.53. The molecule has 0 spiro atoms. The topological polar surface area (TPSA) is 108 Å². The van der Waals surface area contributed by atoms with Gasteiger partial charge >= 0.3 is 0 Å². The summed E-state index contributed by atoms with van der Waals surface area (Å²) in [6, 6.07) is 6.48. The lowest BCUT2D eigenvalue weighted by molar-refractivity contribution is -0.134. The van der Waals surface area contributed by atoms with Crippen LogP contribution in [0.4, 0.5) is 0 Å². The number of aliphatic hydroxyl groups excluding tert-OH is 1. The molecule has 7 nitrogen and oxygen atoms in total. The van der Waals surface area contributed by atoms with E-state index in [1.54, 1.807) is 29.2 Å². The smallest absolute Gasteiger partial charge is 0.260 e. The van der Waals surface area contributed by atoms with Crippen LogP contribution < -0.4 is 10.5 Å². The number of carbonyl (C=O) groups excluding carboxylic acids is 1. The van der Waals surface area contributed by atoms with Crippen LogP contribution in [0.15, 0.2) is 29.4 Å². The molecule has 0 radical (unpaired) electrons. The second kappa shape index (κ2) is 6.94. The summed E-state index contributed by atoms with van der Waals surface area (Å²) in [4.78, 5) is 13.7. The van der Waals surface area contributed by atoms with Gasteiger partial charge < -0.3 is 25.7 Å². The molecule has 1 aliphatic heterocycles. The number of oxime groups is 1. The SMILES string of the molecule is NC(=NO)c1ccc(OCC(=O)N2CCCC2CO)cc1. The van der Waals surface area contributed by atoms with Crippen molar-refractivity contribution in [3.63, 3.8) is 0 Å². The summed E-state index contributed by atoms with van der Waals surface area (Å²) in [5.41, 5.74) is 6.02. The van der Waals surface area contributed by atoms with Crippen molar-refractivity contribution in [1.82, 2.24) is 4.90 Å². The molecule has 114 valence electrons. The molecule has 0 aliphatic carbocycles. The van der Waals surface area contributed by atoms with Crippen LogP contribution in [0.1, 0.15) is 18.4 Å². The van der Waals surface area contributed by atoms with E-state index < -0.39 is 0 Å². The van der Waals surface area contributed by atoms with Gasteiger partial charge in [-0.2, -0.15) is 0 Å². The summed E-state index contributed by atoms with van der Waals surface area (Å²) < 4.78 is 5.43. The number of amidine groups is 1. The van der Waals surface area contributed by atoms with Crippen LogP contribution in [0, 0.1) is 0 Å². The molecule has 1 unspecified atom stereocenters. The molecular formula is C14H19N3O4. The van der Waals surface area contributed by atoms with Crippen LogP contribution in [-0.2, 0) is 4.79 Å². The Morgan fingerprint density at radius 1 is 1.43 bits per heavy atom. The zero-order valence-electron chi connectivity index (χ0n) is 11.6. The molecule has 1 heterocycles. The molecule has 4 N–H and O–H groups in total. The number of amides is 1. The van der Waals surface area contributed by atoms with Crippen LogP contribution in [0.3, 0.4) is 0 Å². The first-order chi connectivity index (χ1) is 10.2. The standard InChI is InChI=1S/C14H19N3O4/c15-14(16-20)10-3-5-12(6-4-10)21-9-13(19)17-7-1-2-11(17)8-18/h3-6,11,18,20H,1-2,7-9H2,(H2,15,16). The Morgan fingerprint density at radius 2 is 2.14 bits per heavy atom. The number of nitrogens with zero attached hydrogens (tertiary/aromatic N) is 2. The van der Waals surface area contributed by atoms with E-state index in [9.17, 15) is 9.90 Å². The number of aliphatic hydroxyl groups is 1. The van der Waals surface area contributed by atoms with Crippen molar-refractivity contribution in [1.29, 1.82) is 0 Å². The lowest BCUT2D eigenvalue weighted by atomic mass is 10.2. The minimum atomic E-state index is -0.132. The molecule has 1 amide bonds. The maximum atomic E-state index is 12.0. The Kier molecular flexibility index (Phi) is 4.99. The summed E-state index contributed by atoms with van der Waals surface area (Å²) >= 11 is 0. The van der Waals surface area contributed by atoms with E-state index >= 15 is 0 Å². The molecule has 0 aromatic heterocycles. The zero-order valence-corrected chi connectivity index (χ0v) is 11.6. The highest BCUT2D eigenvalue weighted by molar-refractivity contribution is 5.97. The summed E-state index contributed by atoms with van der Waals surface area (Å²) in [6.45, 7) is 0.579. The number of likely N-dealkylation sites (tertiary alicyclic amines) is 1. The van der Waals surface area contributed by atoms with Crippen LogP contribution in [-0.4, -0.2) is 52.8 Å². The normalized spacial score (nSPS) is 18.8. The van der Waals surface area contributed by atoms with Crippen molar-refractivity contribution in [3.8, 4) is 5.75 Å². The molecule has 1 fully saturated rings. The van der Waals surface area contributed by atoms with Crippen LogP contribution >= 0.6 is 0 Å². The third-order valence-corrected chi connectivity index (χ3v) is 3.53. The highest BCUT2D eigenvalue weighted by Gasteiger charge is 2.28. The first-order valence-electron chi connectivity index (χ1n) is 6.76. The van der Waals surface area contributed by atoms with Gasteiger partial charge in [0.05, 0.1) is 12.6 Å². The van der Waals surface area contributed by atoms with E-state index in [2.05, 4.69) is 5.16 Å². The lowest BCUT2D eigenvalue weighted by Gasteiger charge is -2.22. The number of hydrogen-bond donors (Lipinski definition) is 3. The fourth-order valence-electron chi connectivity index (χ4n) is 2.36. The minimum absolute atomic E-state index is 0.0137. The largest absolute Gasteiger partial charge is 0.484 e. The summed E-state index contributed by atoms with van der Waals surface area (Å²) in [7, 11) is 0. The van der Waals surface area contributed by atoms with E-state index in [4.69, 9.17) is 15.7 Å². The average Bonchev–Trinajstić information content (AvgIpc) is 3.01. The van der Waals surface area contributed by atoms with Gasteiger partial charge in [-0.15, -0.1) is 0 Å². The summed E-state index contributed by atoms with van der Waals surface area (Å²) in [5.74, 6) is 0.408. The van der Waals surface area contributed by atoms with Gasteiger partial charge in [0, 0.05) is 12.1 Å². The van der Waals surface area contributed by atoms with Gasteiger partial charge in [0.25, 0.3) is 5.91 Å². The van der Waals surface area contributed by atoms with Gasteiger partial charge in [0.1, 0.15) is 5.75 Å². The predicted octanol–water partition coefficient (Wildman–Crippen LogP) is 0.143. The van der Waals surface area contributed by atoms with Crippen molar-refractivity contribution < 1.29 is 19.8 Å². The molecule has 1 aliphatic rings. The Balaban J connectivity index is 1.89. The molecule has 0 bridgehead atoms. The van der Waals surface area contributed by atoms with E-state index in [0.717, 1.165) is 12.8 Å². The van der Waals surface area contributed by atoms with Crippen molar-refractivity contribution >= 4 is 11.7 Å². The maximum absolute atomic E-state index is 12.0. The number of nitrogens with two attached hydrogens (primary N) is 1. The van der Waals surface area contributed by atoms with Crippen molar-refractivity contribution in [3.05, 3.63) is 29.8 Å². The summed E-state index contributed by atoms with van der Waals surface area (Å²) in [5, 5.41) is 20.7. The first-order valence-corrected chi connectivity index (χ1v) is 6.76. The molecule has 1 atom stereocenters. The molecule has 21 heavy (non-hydrogen) atoms. The van der Waals surface area contributed by atoms with Gasteiger partial charge in [-0.3, -0.25) is 4.79 Å². The number of carbonyl (C=O) groups is 1. The molecule has 1 aromatic rings. The van der Waals surface area contributed by atoms with Crippen LogP contribution in [0.2, 0.25) is 0 Å². The maximum Gasteiger partial charge on any atom is 0.260 e. The average molecular weight is 293 g/mol. The predicted molar refractivity (Wildman–Crippen MR) is 76.3 cm³/mol. The Bertz CT molecular complexity index is 515. The number of rotatable bonds is 5. The molecule has 1 saturated heterocycles. The van der Waals surface area contributed by atoms with E-state index in [-0.39, 0.29) is 31.0 Å². The van der Waals surface area contributed by atoms with Gasteiger partial charge in [-0.25, -0.2) is 0 Å². The fraction of sp³-hybridized carbons (Fsp3) is 0.429. The zero-order chi connectivity index (χ0) is 15.2. The molecular weight excluding hydrogens is 274 g/mol. The van der Waals surface area contributed by atoms with E-state index in [1.807, 2.05) is 0 Å². The van der Waals surface area contributed by atoms with Crippen LogP contribution in [0.25, 0.3) is 0 Å². The second-order valence-corrected chi connectivity index (χ2v) is 4.86. The van der Waals surface area contributed by atoms with Gasteiger partial charge in [0.15, 0.2) is 12.4 Å². The monoisotopic (exact) mass is 293 g/mol. The highest BCUT2D eigenvalue weighted by Crippen LogP contribution is 2.17. The van der Waals surface area contributed by atoms with Gasteiger partial charge in [-0.1, -0.05) is 5.16 Å². The lowest BCUT2D eigenvalue weighted by Crippen LogP contribution is -2.40. The van der Waals surface area contributed by atoms with E-state index in [0.29, 0.717) is 17.9 Å². The minimum Gasteiger partial charge on any atom is -0.484 e. The Hall–Kier alpha value is -2.28. The highest BCUT2D eigenvalue weighted by atomic mass is 16.5. The number of benzene rings is 1. The van der Waals surface area contributed by atoms with Crippen molar-refractivity contribution in [2.45, 2.75) is 18.9 Å². The van der Waals surface area contributed by atoms with Crippen molar-refractivity contribution in [2.75, 3.05) is 19.8 Å². The quantitative estimate of drug-likeness (QED) is 0.310. The van der Waals surface area contributed by atoms with E-state index in [1.165, 1.54) is 0 Å². The molecule has 1 aromatic carbocycles. The second-order valence-electron chi connectivity index (χ2n) is 4.86. The molecule has 7 heteroatoms. The number of hydrogen-bond acceptors (Lipinski definition) is 5. The number of ether oxygens (including phenoxy) is 1. The van der Waals surface area contributed by atoms with Crippen LogP contribution in [0.5, 0.6) is 5.75 Å². The third kappa shape index (κ3) is 3.63. The molecule has 2 rings (SSSR count). The Labute approximate surface area is 122 Å². The fourth-order valence-corrected chi connectivity index (χ4v) is 2.36. The van der Waals surface area contributed by atoms with Crippen molar-refractivity contribution in [2.24, 2.45) is 10.9 Å². The first kappa shape index (κ1) is 15.1. The van der Waals surface area contributed by atoms with Gasteiger partial charge in [0.2, 0.25) is 0 Å². The van der Waals surface area contributed by atoms with Gasteiger partial charge in [-0.05, 0) is 37.1 Å². The summed E-state index contributed by atoms with van der Waals surface area (Å²) in [6.07, 6.45) is 1.74. The molecule has 0 saturated carbocycles. The Morgan fingerprint density at radius 3 is 2.76 bits per heavy atom.